The van der Waals surface area contributed by atoms with Crippen molar-refractivity contribution in [1.82, 2.24) is 14.8 Å². The Morgan fingerprint density at radius 3 is 2.47 bits per heavy atom. The smallest absolute Gasteiger partial charge is 0.199 e. The average Bonchev–Trinajstić information content (AvgIpc) is 3.07. The molecule has 0 spiro atoms. The van der Waals surface area contributed by atoms with Gasteiger partial charge >= 0.3 is 0 Å². The Morgan fingerprint density at radius 1 is 1.11 bits per heavy atom. The summed E-state index contributed by atoms with van der Waals surface area (Å²) in [6, 6.07) is 10.3. The molecule has 4 heteroatoms. The maximum Gasteiger partial charge on any atom is 0.199 e. The summed E-state index contributed by atoms with van der Waals surface area (Å²) in [4.78, 5) is 0. The Labute approximate surface area is 117 Å². The Morgan fingerprint density at radius 2 is 1.79 bits per heavy atom. The van der Waals surface area contributed by atoms with Crippen molar-refractivity contribution in [2.45, 2.75) is 31.6 Å². The first kappa shape index (κ1) is 11.4. The molecule has 0 bridgehead atoms. The predicted molar refractivity (Wildman–Crippen MR) is 76.9 cm³/mol. The molecule has 1 aromatic heterocycles. The third-order valence-corrected chi connectivity index (χ3v) is 4.94. The summed E-state index contributed by atoms with van der Waals surface area (Å²) >= 11 is 5.41. The number of para-hydroxylation sites is 1. The lowest BCUT2D eigenvalue weighted by molar-refractivity contribution is 0.480. The molecule has 0 radical (unpaired) electrons. The quantitative estimate of drug-likeness (QED) is 0.842. The molecule has 2 saturated carbocycles. The SMILES string of the molecule is S=c1[nH]nc(C2C3CCCCC32)n1-c1ccccc1. The summed E-state index contributed by atoms with van der Waals surface area (Å²) in [6.07, 6.45) is 5.50. The van der Waals surface area contributed by atoms with E-state index in [-0.39, 0.29) is 0 Å². The van der Waals surface area contributed by atoms with E-state index in [9.17, 15) is 0 Å². The number of aromatic nitrogens is 3. The first-order valence-electron chi connectivity index (χ1n) is 7.09. The fraction of sp³-hybridized carbons (Fsp3) is 0.467. The minimum Gasteiger partial charge on any atom is -0.272 e. The zero-order chi connectivity index (χ0) is 12.8. The van der Waals surface area contributed by atoms with Gasteiger partial charge < -0.3 is 0 Å². The lowest BCUT2D eigenvalue weighted by atomic mass is 10.0. The zero-order valence-electron chi connectivity index (χ0n) is 10.7. The van der Waals surface area contributed by atoms with E-state index in [0.717, 1.165) is 23.3 Å². The highest BCUT2D eigenvalue weighted by molar-refractivity contribution is 7.71. The summed E-state index contributed by atoms with van der Waals surface area (Å²) in [5.41, 5.74) is 1.12. The molecule has 2 aliphatic carbocycles. The van der Waals surface area contributed by atoms with Gasteiger partial charge in [0.1, 0.15) is 5.82 Å². The van der Waals surface area contributed by atoms with Gasteiger partial charge in [0.2, 0.25) is 0 Å². The maximum absolute atomic E-state index is 5.41. The van der Waals surface area contributed by atoms with Crippen LogP contribution in [0.4, 0.5) is 0 Å². The van der Waals surface area contributed by atoms with Crippen molar-refractivity contribution in [3.8, 4) is 5.69 Å². The second-order valence-corrected chi connectivity index (χ2v) is 6.08. The second kappa shape index (κ2) is 4.30. The summed E-state index contributed by atoms with van der Waals surface area (Å²) in [7, 11) is 0. The van der Waals surface area contributed by atoms with Crippen molar-refractivity contribution < 1.29 is 0 Å². The summed E-state index contributed by atoms with van der Waals surface area (Å²) in [5.74, 6) is 3.46. The number of rotatable bonds is 2. The summed E-state index contributed by atoms with van der Waals surface area (Å²) < 4.78 is 2.84. The molecule has 2 aliphatic rings. The number of fused-ring (bicyclic) bond motifs is 1. The van der Waals surface area contributed by atoms with Crippen molar-refractivity contribution in [1.29, 1.82) is 0 Å². The number of benzene rings is 1. The summed E-state index contributed by atoms with van der Waals surface area (Å²) in [5, 5.41) is 7.51. The molecule has 1 aromatic carbocycles. The Kier molecular flexibility index (Phi) is 2.58. The van der Waals surface area contributed by atoms with Gasteiger partial charge in [-0.2, -0.15) is 5.10 Å². The summed E-state index contributed by atoms with van der Waals surface area (Å²) in [6.45, 7) is 0. The topological polar surface area (TPSA) is 33.6 Å². The average molecular weight is 271 g/mol. The van der Waals surface area contributed by atoms with E-state index in [0.29, 0.717) is 10.7 Å². The molecule has 98 valence electrons. The van der Waals surface area contributed by atoms with Gasteiger partial charge in [0.15, 0.2) is 4.77 Å². The van der Waals surface area contributed by atoms with Gasteiger partial charge in [0, 0.05) is 11.6 Å². The van der Waals surface area contributed by atoms with Gasteiger partial charge in [-0.25, -0.2) is 0 Å². The van der Waals surface area contributed by atoms with Crippen molar-refractivity contribution in [2.24, 2.45) is 11.8 Å². The molecule has 19 heavy (non-hydrogen) atoms. The molecule has 0 amide bonds. The molecule has 2 atom stereocenters. The van der Waals surface area contributed by atoms with Gasteiger partial charge in [-0.15, -0.1) is 0 Å². The van der Waals surface area contributed by atoms with E-state index in [1.54, 1.807) is 0 Å². The first-order chi connectivity index (χ1) is 9.36. The fourth-order valence-corrected chi connectivity index (χ4v) is 3.98. The molecule has 2 aromatic rings. The van der Waals surface area contributed by atoms with Gasteiger partial charge in [-0.3, -0.25) is 9.67 Å². The molecule has 1 N–H and O–H groups in total. The largest absolute Gasteiger partial charge is 0.272 e. The third-order valence-electron chi connectivity index (χ3n) is 4.67. The minimum absolute atomic E-state index is 0.621. The first-order valence-corrected chi connectivity index (χ1v) is 7.50. The highest BCUT2D eigenvalue weighted by atomic mass is 32.1. The number of nitrogens with one attached hydrogen (secondary N) is 1. The number of H-pyrrole nitrogens is 1. The molecule has 0 saturated heterocycles. The standard InChI is InChI=1S/C15H17N3S/c19-15-17-16-14(13-11-8-4-5-9-12(11)13)18(15)10-6-2-1-3-7-10/h1-3,6-7,11-13H,4-5,8-9H2,(H,17,19). The third kappa shape index (κ3) is 1.77. The van der Waals surface area contributed by atoms with E-state index in [1.165, 1.54) is 25.7 Å². The molecule has 0 aliphatic heterocycles. The van der Waals surface area contributed by atoms with Crippen LogP contribution in [0.15, 0.2) is 30.3 Å². The molecule has 2 fully saturated rings. The van der Waals surface area contributed by atoms with E-state index >= 15 is 0 Å². The highest BCUT2D eigenvalue weighted by Gasteiger charge is 2.53. The zero-order valence-corrected chi connectivity index (χ0v) is 11.6. The van der Waals surface area contributed by atoms with Crippen LogP contribution >= 0.6 is 12.2 Å². The van der Waals surface area contributed by atoms with E-state index in [1.807, 2.05) is 18.2 Å². The second-order valence-electron chi connectivity index (χ2n) is 5.70. The van der Waals surface area contributed by atoms with E-state index in [2.05, 4.69) is 26.9 Å². The number of nitrogens with zero attached hydrogens (tertiary/aromatic N) is 2. The number of hydrogen-bond donors (Lipinski definition) is 1. The van der Waals surface area contributed by atoms with Crippen LogP contribution in [0.2, 0.25) is 0 Å². The van der Waals surface area contributed by atoms with Gasteiger partial charge in [-0.1, -0.05) is 31.0 Å². The van der Waals surface area contributed by atoms with Crippen molar-refractivity contribution in [3.63, 3.8) is 0 Å². The number of aromatic amines is 1. The molecule has 1 heterocycles. The molecule has 4 rings (SSSR count). The van der Waals surface area contributed by atoms with E-state index < -0.39 is 0 Å². The maximum atomic E-state index is 5.41. The van der Waals surface area contributed by atoms with Crippen LogP contribution < -0.4 is 0 Å². The highest BCUT2D eigenvalue weighted by Crippen LogP contribution is 2.60. The molecular weight excluding hydrogens is 254 g/mol. The van der Waals surface area contributed by atoms with Gasteiger partial charge in [0.25, 0.3) is 0 Å². The van der Waals surface area contributed by atoms with Crippen LogP contribution in [0.1, 0.15) is 37.4 Å². The molecule has 3 nitrogen and oxygen atoms in total. The van der Waals surface area contributed by atoms with Crippen molar-refractivity contribution in [3.05, 3.63) is 40.9 Å². The van der Waals surface area contributed by atoms with E-state index in [4.69, 9.17) is 12.2 Å². The predicted octanol–water partition coefficient (Wildman–Crippen LogP) is 3.83. The lowest BCUT2D eigenvalue weighted by Gasteiger charge is -2.06. The van der Waals surface area contributed by atoms with Crippen LogP contribution in [0.5, 0.6) is 0 Å². The Bertz CT molecular complexity index is 631. The lowest BCUT2D eigenvalue weighted by Crippen LogP contribution is -2.01. The number of hydrogen-bond acceptors (Lipinski definition) is 2. The monoisotopic (exact) mass is 271 g/mol. The fourth-order valence-electron chi connectivity index (χ4n) is 3.73. The van der Waals surface area contributed by atoms with Crippen LogP contribution in [0.25, 0.3) is 5.69 Å². The minimum atomic E-state index is 0.621. The van der Waals surface area contributed by atoms with Crippen LogP contribution in [-0.4, -0.2) is 14.8 Å². The Balaban J connectivity index is 1.77. The van der Waals surface area contributed by atoms with Crippen molar-refractivity contribution >= 4 is 12.2 Å². The van der Waals surface area contributed by atoms with Crippen molar-refractivity contribution in [2.75, 3.05) is 0 Å². The Hall–Kier alpha value is -1.42. The molecular formula is C15H17N3S. The van der Waals surface area contributed by atoms with Gasteiger partial charge in [0.05, 0.1) is 0 Å². The van der Waals surface area contributed by atoms with Gasteiger partial charge in [-0.05, 0) is 49.0 Å². The molecule has 2 unspecified atom stereocenters. The van der Waals surface area contributed by atoms with Crippen LogP contribution in [0.3, 0.4) is 0 Å². The normalized spacial score (nSPS) is 28.9. The van der Waals surface area contributed by atoms with Crippen LogP contribution in [0, 0.1) is 16.6 Å². The van der Waals surface area contributed by atoms with Crippen LogP contribution in [-0.2, 0) is 0 Å².